The van der Waals surface area contributed by atoms with Crippen molar-refractivity contribution in [1.29, 1.82) is 0 Å². The summed E-state index contributed by atoms with van der Waals surface area (Å²) in [5.74, 6) is 0.703. The predicted molar refractivity (Wildman–Crippen MR) is 118 cm³/mol. The summed E-state index contributed by atoms with van der Waals surface area (Å²) >= 11 is 0. The maximum absolute atomic E-state index is 5.40. The second kappa shape index (κ2) is 8.79. The van der Waals surface area contributed by atoms with E-state index < -0.39 is 0 Å². The zero-order valence-corrected chi connectivity index (χ0v) is 17.6. The lowest BCUT2D eigenvalue weighted by Gasteiger charge is -2.26. The summed E-state index contributed by atoms with van der Waals surface area (Å²) in [4.78, 5) is 11.6. The van der Waals surface area contributed by atoms with Gasteiger partial charge in [0.15, 0.2) is 5.82 Å². The van der Waals surface area contributed by atoms with Crippen molar-refractivity contribution >= 4 is 0 Å². The van der Waals surface area contributed by atoms with Gasteiger partial charge in [-0.05, 0) is 11.6 Å². The second-order valence-corrected chi connectivity index (χ2v) is 7.72. The van der Waals surface area contributed by atoms with Crippen molar-refractivity contribution in [2.24, 2.45) is 7.05 Å². The molecule has 31 heavy (non-hydrogen) atoms. The van der Waals surface area contributed by atoms with Gasteiger partial charge >= 0.3 is 0 Å². The first-order valence-corrected chi connectivity index (χ1v) is 10.5. The summed E-state index contributed by atoms with van der Waals surface area (Å²) < 4.78 is 9.19. The van der Waals surface area contributed by atoms with Crippen LogP contribution in [0.25, 0.3) is 33.6 Å². The minimum absolute atomic E-state index is 0.703. The Kier molecular flexibility index (Phi) is 5.56. The van der Waals surface area contributed by atoms with E-state index in [9.17, 15) is 0 Å². The first-order valence-electron chi connectivity index (χ1n) is 10.5. The van der Waals surface area contributed by atoms with Gasteiger partial charge in [-0.3, -0.25) is 14.3 Å². The van der Waals surface area contributed by atoms with E-state index >= 15 is 0 Å². The average Bonchev–Trinajstić information content (AvgIpc) is 3.48. The van der Waals surface area contributed by atoms with Crippen molar-refractivity contribution in [2.45, 2.75) is 6.54 Å². The third-order valence-corrected chi connectivity index (χ3v) is 5.53. The molecular weight excluding hydrogens is 390 g/mol. The highest BCUT2D eigenvalue weighted by molar-refractivity contribution is 5.70. The average molecular weight is 416 g/mol. The number of aromatic nitrogens is 6. The molecular formula is C23H25N7O. The van der Waals surface area contributed by atoms with Gasteiger partial charge < -0.3 is 4.74 Å². The summed E-state index contributed by atoms with van der Waals surface area (Å²) in [6.07, 6.45) is 11.5. The lowest BCUT2D eigenvalue weighted by Crippen LogP contribution is -2.38. The van der Waals surface area contributed by atoms with Crippen molar-refractivity contribution < 1.29 is 4.74 Å². The van der Waals surface area contributed by atoms with Crippen LogP contribution in [0.2, 0.25) is 0 Å². The van der Waals surface area contributed by atoms with Crippen molar-refractivity contribution in [1.82, 2.24) is 34.4 Å². The summed E-state index contributed by atoms with van der Waals surface area (Å²) in [7, 11) is 1.92. The molecule has 0 radical (unpaired) electrons. The van der Waals surface area contributed by atoms with Gasteiger partial charge in [0.05, 0.1) is 32.2 Å². The van der Waals surface area contributed by atoms with E-state index in [1.165, 1.54) is 0 Å². The van der Waals surface area contributed by atoms with Gasteiger partial charge in [0, 0.05) is 73.7 Å². The Morgan fingerprint density at radius 2 is 1.55 bits per heavy atom. The predicted octanol–water partition coefficient (Wildman–Crippen LogP) is 2.74. The largest absolute Gasteiger partial charge is 0.379 e. The summed E-state index contributed by atoms with van der Waals surface area (Å²) in [6.45, 7) is 5.46. The van der Waals surface area contributed by atoms with Gasteiger partial charge in [0.2, 0.25) is 0 Å². The molecule has 0 saturated carbocycles. The number of hydrogen-bond donors (Lipinski definition) is 0. The van der Waals surface area contributed by atoms with Gasteiger partial charge in [0.25, 0.3) is 0 Å². The number of rotatable bonds is 6. The number of benzene rings is 1. The third-order valence-electron chi connectivity index (χ3n) is 5.53. The van der Waals surface area contributed by atoms with E-state index in [0.29, 0.717) is 5.82 Å². The van der Waals surface area contributed by atoms with Crippen molar-refractivity contribution in [3.63, 3.8) is 0 Å². The van der Waals surface area contributed by atoms with Crippen LogP contribution in [0.3, 0.4) is 0 Å². The fourth-order valence-corrected chi connectivity index (χ4v) is 3.74. The molecule has 0 bridgehead atoms. The van der Waals surface area contributed by atoms with E-state index in [-0.39, 0.29) is 0 Å². The maximum Gasteiger partial charge on any atom is 0.159 e. The molecule has 1 aliphatic rings. The van der Waals surface area contributed by atoms with Gasteiger partial charge in [-0.2, -0.15) is 10.2 Å². The first kappa shape index (κ1) is 19.6. The number of nitrogens with zero attached hydrogens (tertiary/aromatic N) is 7. The van der Waals surface area contributed by atoms with Crippen LogP contribution in [-0.2, 0) is 18.3 Å². The van der Waals surface area contributed by atoms with Crippen LogP contribution in [0, 0.1) is 0 Å². The molecule has 0 atom stereocenters. The molecule has 1 aliphatic heterocycles. The number of aryl methyl sites for hydroxylation is 1. The molecule has 0 unspecified atom stereocenters. The summed E-state index contributed by atoms with van der Waals surface area (Å²) in [5.41, 5.74) is 5.14. The Labute approximate surface area is 181 Å². The Bertz CT molecular complexity index is 1140. The molecule has 0 aliphatic carbocycles. The maximum atomic E-state index is 5.40. The van der Waals surface area contributed by atoms with Crippen LogP contribution in [0.1, 0.15) is 0 Å². The molecule has 5 rings (SSSR count). The SMILES string of the molecule is Cn1cc(-c2cccc(-c3ncc(-c4cnn(CCN5CCOCC5)c4)cn3)c2)cn1. The molecule has 0 N–H and O–H groups in total. The standard InChI is InChI=1S/C23H25N7O/c1-28-16-21(14-26-28)18-3-2-4-19(11-18)23-24-12-20(13-25-23)22-15-27-30(17-22)6-5-29-7-9-31-10-8-29/h2-4,11-17H,5-10H2,1H3. The Hall–Kier alpha value is -3.36. The van der Waals surface area contributed by atoms with Gasteiger partial charge in [-0.1, -0.05) is 18.2 Å². The van der Waals surface area contributed by atoms with E-state index in [1.54, 1.807) is 4.68 Å². The van der Waals surface area contributed by atoms with Crippen LogP contribution in [-0.4, -0.2) is 67.3 Å². The van der Waals surface area contributed by atoms with Crippen LogP contribution in [0.15, 0.2) is 61.4 Å². The number of hydrogen-bond acceptors (Lipinski definition) is 6. The summed E-state index contributed by atoms with van der Waals surface area (Å²) in [5, 5.41) is 8.75. The van der Waals surface area contributed by atoms with E-state index in [4.69, 9.17) is 4.74 Å². The molecule has 4 heterocycles. The van der Waals surface area contributed by atoms with Crippen LogP contribution in [0.5, 0.6) is 0 Å². The van der Waals surface area contributed by atoms with Crippen molar-refractivity contribution in [3.8, 4) is 33.6 Å². The van der Waals surface area contributed by atoms with Crippen LogP contribution in [0.4, 0.5) is 0 Å². The fraction of sp³-hybridized carbons (Fsp3) is 0.304. The quantitative estimate of drug-likeness (QED) is 0.482. The number of ether oxygens (including phenoxy) is 1. The van der Waals surface area contributed by atoms with E-state index in [2.05, 4.69) is 43.4 Å². The minimum Gasteiger partial charge on any atom is -0.379 e. The molecule has 1 fully saturated rings. The molecule has 3 aromatic heterocycles. The van der Waals surface area contributed by atoms with Crippen molar-refractivity contribution in [3.05, 3.63) is 61.4 Å². The molecule has 0 amide bonds. The smallest absolute Gasteiger partial charge is 0.159 e. The first-order chi connectivity index (χ1) is 15.2. The zero-order chi connectivity index (χ0) is 21.0. The van der Waals surface area contributed by atoms with Crippen molar-refractivity contribution in [2.75, 3.05) is 32.8 Å². The van der Waals surface area contributed by atoms with Gasteiger partial charge in [0.1, 0.15) is 0 Å². The minimum atomic E-state index is 0.703. The lowest BCUT2D eigenvalue weighted by molar-refractivity contribution is 0.0360. The fourth-order valence-electron chi connectivity index (χ4n) is 3.74. The Balaban J connectivity index is 1.28. The van der Waals surface area contributed by atoms with E-state index in [1.807, 2.05) is 54.8 Å². The molecule has 0 spiro atoms. The zero-order valence-electron chi connectivity index (χ0n) is 17.6. The highest BCUT2D eigenvalue weighted by Crippen LogP contribution is 2.25. The molecule has 1 aromatic carbocycles. The number of morpholine rings is 1. The summed E-state index contributed by atoms with van der Waals surface area (Å²) in [6, 6.07) is 8.21. The lowest BCUT2D eigenvalue weighted by atomic mass is 10.1. The van der Waals surface area contributed by atoms with Crippen LogP contribution < -0.4 is 0 Å². The highest BCUT2D eigenvalue weighted by atomic mass is 16.5. The van der Waals surface area contributed by atoms with E-state index in [0.717, 1.165) is 67.2 Å². The molecule has 4 aromatic rings. The topological polar surface area (TPSA) is 73.9 Å². The van der Waals surface area contributed by atoms with Crippen LogP contribution >= 0.6 is 0 Å². The molecule has 1 saturated heterocycles. The van der Waals surface area contributed by atoms with Gasteiger partial charge in [-0.25, -0.2) is 9.97 Å². The normalized spacial score (nSPS) is 14.7. The molecule has 8 nitrogen and oxygen atoms in total. The second-order valence-electron chi connectivity index (χ2n) is 7.72. The third kappa shape index (κ3) is 4.55. The van der Waals surface area contributed by atoms with Gasteiger partial charge in [-0.15, -0.1) is 0 Å². The Morgan fingerprint density at radius 3 is 2.32 bits per heavy atom. The Morgan fingerprint density at radius 1 is 0.806 bits per heavy atom. The molecule has 158 valence electrons. The monoisotopic (exact) mass is 415 g/mol. The highest BCUT2D eigenvalue weighted by Gasteiger charge is 2.11. The molecule has 8 heteroatoms.